The summed E-state index contributed by atoms with van der Waals surface area (Å²) in [6.45, 7) is 0.596. The maximum absolute atomic E-state index is 12.1. The zero-order chi connectivity index (χ0) is 18.2. The lowest BCUT2D eigenvalue weighted by Crippen LogP contribution is -2.32. The highest BCUT2D eigenvalue weighted by Gasteiger charge is 2.24. The number of fused-ring (bicyclic) bond motifs is 1. The van der Waals surface area contributed by atoms with Gasteiger partial charge in [-0.25, -0.2) is 4.39 Å². The molecule has 2 heterocycles. The van der Waals surface area contributed by atoms with Crippen molar-refractivity contribution in [2.24, 2.45) is 0 Å². The van der Waals surface area contributed by atoms with Crippen molar-refractivity contribution < 1.29 is 13.9 Å². The Morgan fingerprint density at radius 1 is 1.00 bits per heavy atom. The quantitative estimate of drug-likeness (QED) is 0.755. The Morgan fingerprint density at radius 3 is 2.35 bits per heavy atom. The summed E-state index contributed by atoms with van der Waals surface area (Å²) >= 11 is 0. The Hall–Kier alpha value is -3.21. The van der Waals surface area contributed by atoms with Gasteiger partial charge in [0.05, 0.1) is 12.6 Å². The molecule has 0 fully saturated rings. The zero-order valence-electron chi connectivity index (χ0n) is 14.1. The fourth-order valence-electron chi connectivity index (χ4n) is 2.60. The molecule has 1 atom stereocenters. The van der Waals surface area contributed by atoms with Gasteiger partial charge in [0.1, 0.15) is 17.3 Å². The van der Waals surface area contributed by atoms with Crippen LogP contribution < -0.4 is 10.1 Å². The molecule has 4 rings (SSSR count). The van der Waals surface area contributed by atoms with Crippen LogP contribution in [-0.2, 0) is 0 Å². The molecular formula is C21H19FN2O2. The van der Waals surface area contributed by atoms with Crippen LogP contribution in [0.4, 0.5) is 4.39 Å². The molecule has 0 aliphatic carbocycles. The molecule has 1 aliphatic heterocycles. The first-order valence-corrected chi connectivity index (χ1v) is 8.38. The van der Waals surface area contributed by atoms with Gasteiger partial charge in [0, 0.05) is 18.2 Å². The van der Waals surface area contributed by atoms with Crippen molar-refractivity contribution in [1.29, 1.82) is 0 Å². The number of hydrogen-bond donors (Lipinski definition) is 1. The van der Waals surface area contributed by atoms with Crippen molar-refractivity contribution in [2.75, 3.05) is 6.61 Å². The number of ether oxygens (including phenoxy) is 1. The minimum atomic E-state index is -0.178. The molecule has 4 nitrogen and oxygen atoms in total. The zero-order valence-corrected chi connectivity index (χ0v) is 14.1. The fourth-order valence-corrected chi connectivity index (χ4v) is 2.60. The lowest BCUT2D eigenvalue weighted by molar-refractivity contribution is 0.0923. The van der Waals surface area contributed by atoms with Crippen LogP contribution in [0, 0.1) is 5.82 Å². The third kappa shape index (κ3) is 4.66. The van der Waals surface area contributed by atoms with E-state index in [1.165, 1.54) is 12.1 Å². The van der Waals surface area contributed by atoms with Crippen molar-refractivity contribution >= 4 is 5.91 Å². The van der Waals surface area contributed by atoms with E-state index in [1.807, 2.05) is 30.3 Å². The van der Waals surface area contributed by atoms with Gasteiger partial charge in [0.15, 0.2) is 0 Å². The van der Waals surface area contributed by atoms with Gasteiger partial charge in [0.25, 0.3) is 5.91 Å². The van der Waals surface area contributed by atoms with Gasteiger partial charge >= 0.3 is 0 Å². The van der Waals surface area contributed by atoms with E-state index < -0.39 is 0 Å². The number of rotatable bonds is 2. The third-order valence-corrected chi connectivity index (χ3v) is 3.87. The number of nitrogens with one attached hydrogen (secondary N) is 1. The highest BCUT2D eigenvalue weighted by molar-refractivity contribution is 5.94. The second-order valence-electron chi connectivity index (χ2n) is 5.71. The van der Waals surface area contributed by atoms with E-state index in [2.05, 4.69) is 10.3 Å². The summed E-state index contributed by atoms with van der Waals surface area (Å²) in [7, 11) is 0. The van der Waals surface area contributed by atoms with Crippen molar-refractivity contribution in [1.82, 2.24) is 10.3 Å². The number of carbonyl (C=O) groups is 1. The van der Waals surface area contributed by atoms with Crippen LogP contribution in [0.2, 0.25) is 0 Å². The monoisotopic (exact) mass is 350 g/mol. The lowest BCUT2D eigenvalue weighted by Gasteiger charge is -2.25. The summed E-state index contributed by atoms with van der Waals surface area (Å²) < 4.78 is 17.4. The molecule has 1 aliphatic rings. The number of aromatic nitrogens is 1. The summed E-state index contributed by atoms with van der Waals surface area (Å²) in [5.74, 6) is 0.499. The van der Waals surface area contributed by atoms with Gasteiger partial charge in [-0.2, -0.15) is 0 Å². The van der Waals surface area contributed by atoms with Gasteiger partial charge in [-0.05, 0) is 36.4 Å². The molecule has 0 radical (unpaired) electrons. The predicted molar refractivity (Wildman–Crippen MR) is 97.4 cm³/mol. The van der Waals surface area contributed by atoms with Crippen molar-refractivity contribution in [3.8, 4) is 5.75 Å². The van der Waals surface area contributed by atoms with Crippen LogP contribution >= 0.6 is 0 Å². The number of halogens is 1. The molecule has 2 aromatic carbocycles. The number of nitrogens with zero attached hydrogens (tertiary/aromatic N) is 1. The summed E-state index contributed by atoms with van der Waals surface area (Å²) in [6.07, 6.45) is 2.46. The Kier molecular flexibility index (Phi) is 5.93. The van der Waals surface area contributed by atoms with Crippen molar-refractivity contribution in [3.05, 3.63) is 96.1 Å². The van der Waals surface area contributed by atoms with Crippen molar-refractivity contribution in [2.45, 2.75) is 12.5 Å². The average Bonchev–Trinajstić information content (AvgIpc) is 2.70. The highest BCUT2D eigenvalue weighted by Crippen LogP contribution is 2.29. The van der Waals surface area contributed by atoms with E-state index in [1.54, 1.807) is 36.5 Å². The molecule has 3 aromatic rings. The average molecular weight is 350 g/mol. The van der Waals surface area contributed by atoms with Crippen LogP contribution in [0.15, 0.2) is 79.0 Å². The number of pyridine rings is 1. The van der Waals surface area contributed by atoms with Gasteiger partial charge < -0.3 is 10.1 Å². The topological polar surface area (TPSA) is 51.2 Å². The Morgan fingerprint density at radius 2 is 1.69 bits per heavy atom. The second-order valence-corrected chi connectivity index (χ2v) is 5.71. The molecule has 1 aromatic heterocycles. The van der Waals surface area contributed by atoms with Gasteiger partial charge in [-0.3, -0.25) is 9.78 Å². The Balaban J connectivity index is 0.000000236. The molecule has 0 saturated carbocycles. The first kappa shape index (κ1) is 17.6. The fraction of sp³-hybridized carbons (Fsp3) is 0.143. The molecule has 5 heteroatoms. The van der Waals surface area contributed by atoms with Crippen LogP contribution in [-0.4, -0.2) is 17.5 Å². The summed E-state index contributed by atoms with van der Waals surface area (Å²) in [6, 6.07) is 20.8. The van der Waals surface area contributed by atoms with E-state index in [4.69, 9.17) is 4.74 Å². The second kappa shape index (κ2) is 8.76. The van der Waals surface area contributed by atoms with E-state index >= 15 is 0 Å². The smallest absolute Gasteiger partial charge is 0.251 e. The van der Waals surface area contributed by atoms with Gasteiger partial charge in [-0.15, -0.1) is 0 Å². The molecule has 0 spiro atoms. The van der Waals surface area contributed by atoms with Crippen LogP contribution in [0.1, 0.15) is 28.5 Å². The lowest BCUT2D eigenvalue weighted by atomic mass is 10.1. The summed E-state index contributed by atoms with van der Waals surface area (Å²) in [5.41, 5.74) is 1.46. The van der Waals surface area contributed by atoms with Crippen LogP contribution in [0.5, 0.6) is 5.75 Å². The highest BCUT2D eigenvalue weighted by atomic mass is 19.1. The first-order chi connectivity index (χ1) is 12.7. The van der Waals surface area contributed by atoms with E-state index in [9.17, 15) is 9.18 Å². The van der Waals surface area contributed by atoms with E-state index in [0.29, 0.717) is 12.2 Å². The summed E-state index contributed by atoms with van der Waals surface area (Å²) in [4.78, 5) is 16.5. The normalized spacial score (nSPS) is 14.9. The molecule has 1 unspecified atom stereocenters. The number of hydrogen-bond acceptors (Lipinski definition) is 3. The van der Waals surface area contributed by atoms with Crippen molar-refractivity contribution in [3.63, 3.8) is 0 Å². The van der Waals surface area contributed by atoms with Crippen LogP contribution in [0.3, 0.4) is 0 Å². The third-order valence-electron chi connectivity index (χ3n) is 3.87. The largest absolute Gasteiger partial charge is 0.491 e. The molecular weight excluding hydrogens is 331 g/mol. The molecule has 26 heavy (non-hydrogen) atoms. The number of amides is 1. The summed E-state index contributed by atoms with van der Waals surface area (Å²) in [5, 5.41) is 3.01. The van der Waals surface area contributed by atoms with Crippen LogP contribution in [0.25, 0.3) is 0 Å². The number of carbonyl (C=O) groups excluding carboxylic acids is 1. The minimum absolute atomic E-state index is 0.0795. The molecule has 0 saturated heterocycles. The Bertz CT molecular complexity index is 841. The standard InChI is InChI=1S/C15H14N2O2.C6H5F/c18-15(11-5-2-1-3-6-11)17-12-8-10-19-13-7-4-9-16-14(12)13;7-6-4-2-1-3-5-6/h1-7,9,12H,8,10H2,(H,17,18);1-5H. The molecule has 1 amide bonds. The number of benzene rings is 2. The Labute approximate surface area is 151 Å². The first-order valence-electron chi connectivity index (χ1n) is 8.38. The van der Waals surface area contributed by atoms with E-state index in [-0.39, 0.29) is 17.8 Å². The predicted octanol–water partition coefficient (Wildman–Crippen LogP) is 4.16. The molecule has 0 bridgehead atoms. The van der Waals surface area contributed by atoms with Gasteiger partial charge in [0.2, 0.25) is 0 Å². The SMILES string of the molecule is Fc1ccccc1.O=C(NC1CCOc2cccnc21)c1ccccc1. The maximum atomic E-state index is 12.1. The minimum Gasteiger partial charge on any atom is -0.491 e. The van der Waals surface area contributed by atoms with Gasteiger partial charge in [-0.1, -0.05) is 36.4 Å². The molecule has 1 N–H and O–H groups in total. The van der Waals surface area contributed by atoms with E-state index in [0.717, 1.165) is 17.9 Å². The maximum Gasteiger partial charge on any atom is 0.251 e. The molecule has 132 valence electrons.